The zero-order chi connectivity index (χ0) is 12.4. The Balaban J connectivity index is 1.60. The van der Waals surface area contributed by atoms with Gasteiger partial charge in [0.1, 0.15) is 0 Å². The third kappa shape index (κ3) is 2.57. The van der Waals surface area contributed by atoms with Crippen molar-refractivity contribution in [1.29, 1.82) is 0 Å². The van der Waals surface area contributed by atoms with Gasteiger partial charge in [0.25, 0.3) is 0 Å². The van der Waals surface area contributed by atoms with E-state index in [0.717, 1.165) is 40.6 Å². The summed E-state index contributed by atoms with van der Waals surface area (Å²) in [5.41, 5.74) is 7.56. The molecule has 1 aliphatic heterocycles. The van der Waals surface area contributed by atoms with Crippen LogP contribution in [0.25, 0.3) is 10.2 Å². The van der Waals surface area contributed by atoms with E-state index in [0.29, 0.717) is 6.10 Å². The zero-order valence-corrected chi connectivity index (χ0v) is 11.0. The first kappa shape index (κ1) is 11.7. The first-order chi connectivity index (χ1) is 8.81. The Kier molecular flexibility index (Phi) is 3.34. The van der Waals surface area contributed by atoms with Gasteiger partial charge in [0, 0.05) is 18.8 Å². The number of nitrogen functional groups attached to an aromatic ring is 1. The van der Waals surface area contributed by atoms with Gasteiger partial charge in [-0.05, 0) is 37.5 Å². The Morgan fingerprint density at radius 2 is 2.44 bits per heavy atom. The van der Waals surface area contributed by atoms with Crippen LogP contribution < -0.4 is 11.1 Å². The smallest absolute Gasteiger partial charge is 0.183 e. The van der Waals surface area contributed by atoms with E-state index in [9.17, 15) is 0 Å². The summed E-state index contributed by atoms with van der Waals surface area (Å²) in [5.74, 6) is 0. The Morgan fingerprint density at radius 1 is 1.50 bits per heavy atom. The number of fused-ring (bicyclic) bond motifs is 1. The fourth-order valence-corrected chi connectivity index (χ4v) is 3.17. The van der Waals surface area contributed by atoms with Crippen molar-refractivity contribution in [3.63, 3.8) is 0 Å². The van der Waals surface area contributed by atoms with Crippen LogP contribution in [0.15, 0.2) is 18.2 Å². The van der Waals surface area contributed by atoms with Crippen molar-refractivity contribution in [2.45, 2.75) is 25.4 Å². The lowest BCUT2D eigenvalue weighted by molar-refractivity contribution is 0.107. The number of nitrogens with two attached hydrogens (primary N) is 1. The molecule has 2 heterocycles. The van der Waals surface area contributed by atoms with Crippen LogP contribution in [0, 0.1) is 0 Å². The number of hydrogen-bond donors (Lipinski definition) is 2. The number of nitrogens with one attached hydrogen (secondary N) is 1. The Hall–Kier alpha value is -1.33. The zero-order valence-electron chi connectivity index (χ0n) is 10.2. The summed E-state index contributed by atoms with van der Waals surface area (Å²) in [6.45, 7) is 1.84. The summed E-state index contributed by atoms with van der Waals surface area (Å²) in [4.78, 5) is 4.53. The highest BCUT2D eigenvalue weighted by Crippen LogP contribution is 2.27. The number of rotatable bonds is 4. The highest BCUT2D eigenvalue weighted by atomic mass is 32.1. The van der Waals surface area contributed by atoms with Crippen molar-refractivity contribution in [1.82, 2.24) is 4.98 Å². The van der Waals surface area contributed by atoms with Crippen LogP contribution in [0.4, 0.5) is 10.8 Å². The molecular weight excluding hydrogens is 246 g/mol. The maximum atomic E-state index is 5.76. The van der Waals surface area contributed by atoms with E-state index in [1.54, 1.807) is 11.3 Å². The van der Waals surface area contributed by atoms with Crippen LogP contribution in [0.5, 0.6) is 0 Å². The quantitative estimate of drug-likeness (QED) is 0.833. The van der Waals surface area contributed by atoms with Gasteiger partial charge in [-0.2, -0.15) is 0 Å². The summed E-state index contributed by atoms with van der Waals surface area (Å²) < 4.78 is 6.73. The highest BCUT2D eigenvalue weighted by molar-refractivity contribution is 7.22. The molecule has 1 fully saturated rings. The first-order valence-corrected chi connectivity index (χ1v) is 7.14. The van der Waals surface area contributed by atoms with Crippen LogP contribution >= 0.6 is 11.3 Å². The molecular formula is C13H17N3OS. The normalized spacial score (nSPS) is 19.4. The minimum absolute atomic E-state index is 0.433. The van der Waals surface area contributed by atoms with E-state index >= 15 is 0 Å². The van der Waals surface area contributed by atoms with Gasteiger partial charge < -0.3 is 15.8 Å². The van der Waals surface area contributed by atoms with Gasteiger partial charge >= 0.3 is 0 Å². The maximum Gasteiger partial charge on any atom is 0.183 e. The molecule has 18 heavy (non-hydrogen) atoms. The molecule has 1 saturated heterocycles. The van der Waals surface area contributed by atoms with Gasteiger partial charge in [-0.15, -0.1) is 0 Å². The van der Waals surface area contributed by atoms with Crippen molar-refractivity contribution >= 4 is 32.4 Å². The van der Waals surface area contributed by atoms with Gasteiger partial charge in [0.05, 0.1) is 16.3 Å². The standard InChI is InChI=1S/C13H17N3OS/c14-9-3-4-11-12(8-9)18-13(16-11)15-6-5-10-2-1-7-17-10/h3-4,8,10H,1-2,5-7,14H2,(H,15,16). The number of thiazole rings is 1. The predicted molar refractivity (Wildman–Crippen MR) is 76.1 cm³/mol. The molecule has 1 atom stereocenters. The minimum Gasteiger partial charge on any atom is -0.399 e. The van der Waals surface area contributed by atoms with E-state index in [-0.39, 0.29) is 0 Å². The first-order valence-electron chi connectivity index (χ1n) is 6.33. The average Bonchev–Trinajstić information content (AvgIpc) is 2.97. The van der Waals surface area contributed by atoms with Crippen LogP contribution in [0.2, 0.25) is 0 Å². The molecule has 0 amide bonds. The van der Waals surface area contributed by atoms with Crippen LogP contribution in [0.3, 0.4) is 0 Å². The number of anilines is 2. The van der Waals surface area contributed by atoms with Gasteiger partial charge in [-0.1, -0.05) is 11.3 Å². The van der Waals surface area contributed by atoms with E-state index in [2.05, 4.69) is 10.3 Å². The molecule has 3 rings (SSSR count). The summed E-state index contributed by atoms with van der Waals surface area (Å²) in [5, 5.41) is 4.33. The maximum absolute atomic E-state index is 5.76. The number of hydrogen-bond acceptors (Lipinski definition) is 5. The minimum atomic E-state index is 0.433. The van der Waals surface area contributed by atoms with E-state index in [4.69, 9.17) is 10.5 Å². The molecule has 2 aromatic rings. The van der Waals surface area contributed by atoms with Crippen LogP contribution in [-0.4, -0.2) is 24.2 Å². The van der Waals surface area contributed by atoms with Crippen LogP contribution in [-0.2, 0) is 4.74 Å². The largest absolute Gasteiger partial charge is 0.399 e. The second-order valence-electron chi connectivity index (χ2n) is 4.60. The molecule has 1 unspecified atom stereocenters. The second-order valence-corrected chi connectivity index (χ2v) is 5.63. The molecule has 0 saturated carbocycles. The fraction of sp³-hybridized carbons (Fsp3) is 0.462. The summed E-state index contributed by atoms with van der Waals surface area (Å²) in [6.07, 6.45) is 3.88. The third-order valence-corrected chi connectivity index (χ3v) is 4.15. The Bertz CT molecular complexity index is 534. The topological polar surface area (TPSA) is 60.2 Å². The van der Waals surface area contributed by atoms with Crippen LogP contribution in [0.1, 0.15) is 19.3 Å². The molecule has 96 valence electrons. The van der Waals surface area contributed by atoms with Crippen molar-refractivity contribution in [3.05, 3.63) is 18.2 Å². The third-order valence-electron chi connectivity index (χ3n) is 3.18. The van der Waals surface area contributed by atoms with Crippen molar-refractivity contribution in [3.8, 4) is 0 Å². The number of ether oxygens (including phenoxy) is 1. The van der Waals surface area contributed by atoms with Gasteiger partial charge in [0.15, 0.2) is 5.13 Å². The lowest BCUT2D eigenvalue weighted by atomic mass is 10.2. The fourth-order valence-electron chi connectivity index (χ4n) is 2.23. The molecule has 1 aliphatic rings. The number of benzene rings is 1. The molecule has 0 spiro atoms. The van der Waals surface area contributed by atoms with Crippen molar-refractivity contribution in [2.24, 2.45) is 0 Å². The Morgan fingerprint density at radius 3 is 3.28 bits per heavy atom. The molecule has 5 heteroatoms. The number of nitrogens with zero attached hydrogens (tertiary/aromatic N) is 1. The molecule has 0 aliphatic carbocycles. The SMILES string of the molecule is Nc1ccc2nc(NCCC3CCCO3)sc2c1. The summed E-state index contributed by atoms with van der Waals surface area (Å²) in [7, 11) is 0. The van der Waals surface area contributed by atoms with E-state index < -0.39 is 0 Å². The highest BCUT2D eigenvalue weighted by Gasteiger charge is 2.14. The molecule has 0 radical (unpaired) electrons. The molecule has 1 aromatic carbocycles. The molecule has 0 bridgehead atoms. The van der Waals surface area contributed by atoms with Gasteiger partial charge in [0.2, 0.25) is 0 Å². The van der Waals surface area contributed by atoms with Gasteiger partial charge in [-0.25, -0.2) is 4.98 Å². The summed E-state index contributed by atoms with van der Waals surface area (Å²) >= 11 is 1.65. The van der Waals surface area contributed by atoms with E-state index in [1.165, 1.54) is 12.8 Å². The van der Waals surface area contributed by atoms with Crippen molar-refractivity contribution < 1.29 is 4.74 Å². The van der Waals surface area contributed by atoms with E-state index in [1.807, 2.05) is 18.2 Å². The predicted octanol–water partition coefficient (Wildman–Crippen LogP) is 2.86. The number of aromatic nitrogens is 1. The Labute approximate surface area is 110 Å². The molecule has 4 nitrogen and oxygen atoms in total. The lowest BCUT2D eigenvalue weighted by Gasteiger charge is -2.08. The van der Waals surface area contributed by atoms with Gasteiger partial charge in [-0.3, -0.25) is 0 Å². The average molecular weight is 263 g/mol. The molecule has 3 N–H and O–H groups in total. The summed E-state index contributed by atoms with van der Waals surface area (Å²) in [6, 6.07) is 5.82. The lowest BCUT2D eigenvalue weighted by Crippen LogP contribution is -2.12. The second kappa shape index (κ2) is 5.12. The molecule has 1 aromatic heterocycles. The van der Waals surface area contributed by atoms with Crippen molar-refractivity contribution in [2.75, 3.05) is 24.2 Å². The monoisotopic (exact) mass is 263 g/mol.